The van der Waals surface area contributed by atoms with Gasteiger partial charge in [-0.05, 0) is 18.2 Å². The highest BCUT2D eigenvalue weighted by Gasteiger charge is 2.12. The molecule has 1 aromatic carbocycles. The molecule has 0 unspecified atom stereocenters. The second-order valence-corrected chi connectivity index (χ2v) is 4.78. The van der Waals surface area contributed by atoms with E-state index >= 15 is 0 Å². The molecule has 18 heavy (non-hydrogen) atoms. The fourth-order valence-electron chi connectivity index (χ4n) is 1.50. The van der Waals surface area contributed by atoms with Gasteiger partial charge in [0.15, 0.2) is 0 Å². The minimum absolute atomic E-state index is 0.0250. The summed E-state index contributed by atoms with van der Waals surface area (Å²) in [5.74, 6) is -0.609. The Kier molecular flexibility index (Phi) is 4.07. The van der Waals surface area contributed by atoms with E-state index in [0.717, 1.165) is 0 Å². The van der Waals surface area contributed by atoms with Gasteiger partial charge >= 0.3 is 0 Å². The Morgan fingerprint density at radius 1 is 1.17 bits per heavy atom. The lowest BCUT2D eigenvalue weighted by atomic mass is 10.1. The highest BCUT2D eigenvalue weighted by Crippen LogP contribution is 2.36. The van der Waals surface area contributed by atoms with E-state index < -0.39 is 12.4 Å². The van der Waals surface area contributed by atoms with Crippen LogP contribution in [0, 0.1) is 5.82 Å². The van der Waals surface area contributed by atoms with Gasteiger partial charge in [-0.3, -0.25) is 4.98 Å². The smallest absolute Gasteiger partial charge is 0.147 e. The number of rotatable bonds is 2. The SMILES string of the molecule is OCc1ncc(-c2cc(Cl)cc(Cl)c2Cl)cc1F. The van der Waals surface area contributed by atoms with Gasteiger partial charge in [0.05, 0.1) is 16.7 Å². The molecule has 0 aliphatic carbocycles. The third-order valence-electron chi connectivity index (χ3n) is 2.37. The van der Waals surface area contributed by atoms with Crippen molar-refractivity contribution in [1.29, 1.82) is 0 Å². The fraction of sp³-hybridized carbons (Fsp3) is 0.0833. The summed E-state index contributed by atoms with van der Waals surface area (Å²) in [4.78, 5) is 3.80. The molecule has 0 amide bonds. The van der Waals surface area contributed by atoms with Crippen molar-refractivity contribution in [2.75, 3.05) is 0 Å². The van der Waals surface area contributed by atoms with Crippen LogP contribution in [-0.4, -0.2) is 10.1 Å². The van der Waals surface area contributed by atoms with Crippen LogP contribution in [-0.2, 0) is 6.61 Å². The zero-order chi connectivity index (χ0) is 13.3. The van der Waals surface area contributed by atoms with E-state index in [1.807, 2.05) is 0 Å². The number of hydrogen-bond acceptors (Lipinski definition) is 2. The zero-order valence-electron chi connectivity index (χ0n) is 8.92. The Morgan fingerprint density at radius 2 is 1.89 bits per heavy atom. The summed E-state index contributed by atoms with van der Waals surface area (Å²) in [5.41, 5.74) is 0.909. The fourth-order valence-corrected chi connectivity index (χ4v) is 2.21. The normalized spacial score (nSPS) is 10.7. The van der Waals surface area contributed by atoms with Crippen LogP contribution in [0.5, 0.6) is 0 Å². The Morgan fingerprint density at radius 3 is 2.50 bits per heavy atom. The molecule has 1 aromatic heterocycles. The zero-order valence-corrected chi connectivity index (χ0v) is 11.2. The molecule has 6 heteroatoms. The second-order valence-electron chi connectivity index (χ2n) is 3.56. The summed E-state index contributed by atoms with van der Waals surface area (Å²) >= 11 is 17.8. The van der Waals surface area contributed by atoms with E-state index in [1.165, 1.54) is 18.3 Å². The Hall–Kier alpha value is -0.870. The summed E-state index contributed by atoms with van der Waals surface area (Å²) in [5, 5.41) is 9.81. The van der Waals surface area contributed by atoms with Crippen LogP contribution in [0.3, 0.4) is 0 Å². The molecule has 0 saturated carbocycles. The van der Waals surface area contributed by atoms with E-state index in [9.17, 15) is 4.39 Å². The third kappa shape index (κ3) is 2.59. The maximum absolute atomic E-state index is 13.5. The van der Waals surface area contributed by atoms with Crippen LogP contribution in [0.1, 0.15) is 5.69 Å². The summed E-state index contributed by atoms with van der Waals surface area (Å²) in [6.07, 6.45) is 1.41. The largest absolute Gasteiger partial charge is 0.390 e. The van der Waals surface area contributed by atoms with Gasteiger partial charge in [0, 0.05) is 22.3 Å². The average molecular weight is 307 g/mol. The molecule has 0 fully saturated rings. The molecule has 0 bridgehead atoms. The second kappa shape index (κ2) is 5.41. The summed E-state index contributed by atoms with van der Waals surface area (Å²) < 4.78 is 13.5. The van der Waals surface area contributed by atoms with Crippen LogP contribution < -0.4 is 0 Å². The van der Waals surface area contributed by atoms with Crippen LogP contribution in [0.15, 0.2) is 24.4 Å². The summed E-state index contributed by atoms with van der Waals surface area (Å²) in [6.45, 7) is -0.462. The maximum atomic E-state index is 13.5. The highest BCUT2D eigenvalue weighted by atomic mass is 35.5. The van der Waals surface area contributed by atoms with Gasteiger partial charge in [0.1, 0.15) is 11.5 Å². The van der Waals surface area contributed by atoms with Crippen molar-refractivity contribution >= 4 is 34.8 Å². The van der Waals surface area contributed by atoms with Crippen LogP contribution in [0.4, 0.5) is 4.39 Å². The lowest BCUT2D eigenvalue weighted by molar-refractivity contribution is 0.270. The van der Waals surface area contributed by atoms with Gasteiger partial charge in [-0.1, -0.05) is 34.8 Å². The van der Waals surface area contributed by atoms with Gasteiger partial charge in [-0.25, -0.2) is 4.39 Å². The lowest BCUT2D eigenvalue weighted by Gasteiger charge is -2.08. The minimum Gasteiger partial charge on any atom is -0.390 e. The molecule has 2 rings (SSSR count). The molecule has 2 nitrogen and oxygen atoms in total. The van der Waals surface area contributed by atoms with Crippen molar-refractivity contribution in [3.8, 4) is 11.1 Å². The molecular formula is C12H7Cl3FNO. The number of pyridine rings is 1. The van der Waals surface area contributed by atoms with Crippen LogP contribution in [0.2, 0.25) is 15.1 Å². The molecule has 0 aliphatic rings. The van der Waals surface area contributed by atoms with E-state index in [1.54, 1.807) is 6.07 Å². The molecule has 1 heterocycles. The van der Waals surface area contributed by atoms with Gasteiger partial charge < -0.3 is 5.11 Å². The monoisotopic (exact) mass is 305 g/mol. The molecule has 0 atom stereocenters. The predicted molar refractivity (Wildman–Crippen MR) is 70.6 cm³/mol. The van der Waals surface area contributed by atoms with Gasteiger partial charge in [0.25, 0.3) is 0 Å². The Bertz CT molecular complexity index is 604. The van der Waals surface area contributed by atoms with E-state index in [-0.39, 0.29) is 15.7 Å². The quantitative estimate of drug-likeness (QED) is 0.837. The molecule has 0 aliphatic heterocycles. The predicted octanol–water partition coefficient (Wildman–Crippen LogP) is 4.34. The van der Waals surface area contributed by atoms with E-state index in [0.29, 0.717) is 16.1 Å². The summed E-state index contributed by atoms with van der Waals surface area (Å²) in [6, 6.07) is 4.30. The molecule has 0 saturated heterocycles. The molecule has 2 aromatic rings. The van der Waals surface area contributed by atoms with Crippen LogP contribution in [0.25, 0.3) is 11.1 Å². The first-order valence-corrected chi connectivity index (χ1v) is 6.06. The number of hydrogen-bond donors (Lipinski definition) is 1. The van der Waals surface area contributed by atoms with Crippen molar-refractivity contribution in [3.05, 3.63) is 51.0 Å². The number of aliphatic hydroxyl groups excluding tert-OH is 1. The molecule has 0 spiro atoms. The summed E-state index contributed by atoms with van der Waals surface area (Å²) in [7, 11) is 0. The van der Waals surface area contributed by atoms with Gasteiger partial charge in [0.2, 0.25) is 0 Å². The van der Waals surface area contributed by atoms with E-state index in [4.69, 9.17) is 39.9 Å². The first-order valence-electron chi connectivity index (χ1n) is 4.93. The maximum Gasteiger partial charge on any atom is 0.147 e. The first kappa shape index (κ1) is 13.6. The number of aromatic nitrogens is 1. The highest BCUT2D eigenvalue weighted by molar-refractivity contribution is 6.45. The average Bonchev–Trinajstić information content (AvgIpc) is 2.33. The molecule has 1 N–H and O–H groups in total. The van der Waals surface area contributed by atoms with Crippen molar-refractivity contribution in [1.82, 2.24) is 4.98 Å². The molecular weight excluding hydrogens is 299 g/mol. The van der Waals surface area contributed by atoms with Crippen LogP contribution >= 0.6 is 34.8 Å². The topological polar surface area (TPSA) is 33.1 Å². The van der Waals surface area contributed by atoms with E-state index in [2.05, 4.69) is 4.98 Å². The Labute approximate surface area is 118 Å². The van der Waals surface area contributed by atoms with Gasteiger partial charge in [-0.2, -0.15) is 0 Å². The minimum atomic E-state index is -0.609. The lowest BCUT2D eigenvalue weighted by Crippen LogP contribution is -1.95. The first-order chi connectivity index (χ1) is 8.52. The number of aliphatic hydroxyl groups is 1. The Balaban J connectivity index is 2.58. The third-order valence-corrected chi connectivity index (χ3v) is 3.39. The van der Waals surface area contributed by atoms with Crippen molar-refractivity contribution < 1.29 is 9.50 Å². The number of halogens is 4. The van der Waals surface area contributed by atoms with Crippen molar-refractivity contribution in [3.63, 3.8) is 0 Å². The molecule has 0 radical (unpaired) electrons. The van der Waals surface area contributed by atoms with Gasteiger partial charge in [-0.15, -0.1) is 0 Å². The standard InChI is InChI=1S/C12H7Cl3FNO/c13-7-2-8(12(15)9(14)3-7)6-1-10(16)11(5-18)17-4-6/h1-4,18H,5H2. The number of benzene rings is 1. The van der Waals surface area contributed by atoms with Crippen molar-refractivity contribution in [2.45, 2.75) is 6.61 Å². The number of nitrogens with zero attached hydrogens (tertiary/aromatic N) is 1. The van der Waals surface area contributed by atoms with Crippen molar-refractivity contribution in [2.24, 2.45) is 0 Å². The molecule has 94 valence electrons.